The first-order chi connectivity index (χ1) is 13.4. The van der Waals surface area contributed by atoms with Gasteiger partial charge in [0.2, 0.25) is 0 Å². The standard InChI is InChI=1S/C22H23F3N2O/c23-22(24,25)18-7-4-16(5-8-18)21(28)26-19-9-6-15-10-12-27(20-2-1-3-20)13-11-17(15)14-19/h4-9,14,20H,1-3,10-13H2,(H,26,28). The molecule has 1 heterocycles. The summed E-state index contributed by atoms with van der Waals surface area (Å²) < 4.78 is 38.0. The SMILES string of the molecule is O=C(Nc1ccc2c(c1)CCN(C1CCC1)CC2)c1ccc(C(F)(F)F)cc1. The molecule has 0 saturated heterocycles. The lowest BCUT2D eigenvalue weighted by Crippen LogP contribution is -2.41. The van der Waals surface area contributed by atoms with Gasteiger partial charge in [-0.25, -0.2) is 0 Å². The lowest BCUT2D eigenvalue weighted by Gasteiger charge is -2.36. The number of nitrogens with zero attached hydrogens (tertiary/aromatic N) is 1. The maximum atomic E-state index is 12.7. The van der Waals surface area contributed by atoms with Crippen molar-refractivity contribution in [1.82, 2.24) is 4.90 Å². The van der Waals surface area contributed by atoms with Gasteiger partial charge in [-0.1, -0.05) is 12.5 Å². The molecule has 0 atom stereocenters. The molecule has 1 fully saturated rings. The smallest absolute Gasteiger partial charge is 0.322 e. The molecule has 0 unspecified atom stereocenters. The molecule has 28 heavy (non-hydrogen) atoms. The minimum absolute atomic E-state index is 0.208. The Morgan fingerprint density at radius 3 is 2.25 bits per heavy atom. The van der Waals surface area contributed by atoms with Gasteiger partial charge in [0.1, 0.15) is 0 Å². The lowest BCUT2D eigenvalue weighted by molar-refractivity contribution is -0.137. The molecule has 2 aromatic carbocycles. The van der Waals surface area contributed by atoms with Crippen LogP contribution in [0.5, 0.6) is 0 Å². The van der Waals surface area contributed by atoms with Gasteiger partial charge in [-0.05, 0) is 73.2 Å². The van der Waals surface area contributed by atoms with E-state index in [4.69, 9.17) is 0 Å². The average Bonchev–Trinajstić information content (AvgIpc) is 2.82. The zero-order valence-corrected chi connectivity index (χ0v) is 15.6. The van der Waals surface area contributed by atoms with Crippen LogP contribution in [-0.2, 0) is 19.0 Å². The second-order valence-electron chi connectivity index (χ2n) is 7.63. The number of halogens is 3. The van der Waals surface area contributed by atoms with Gasteiger partial charge in [-0.15, -0.1) is 0 Å². The van der Waals surface area contributed by atoms with Crippen LogP contribution in [0, 0.1) is 0 Å². The van der Waals surface area contributed by atoms with E-state index in [0.717, 1.165) is 44.1 Å². The Labute approximate surface area is 162 Å². The van der Waals surface area contributed by atoms with Gasteiger partial charge in [-0.2, -0.15) is 13.2 Å². The Balaban J connectivity index is 1.43. The lowest BCUT2D eigenvalue weighted by atomic mass is 9.91. The van der Waals surface area contributed by atoms with E-state index in [9.17, 15) is 18.0 Å². The van der Waals surface area contributed by atoms with Crippen LogP contribution in [0.25, 0.3) is 0 Å². The minimum Gasteiger partial charge on any atom is -0.322 e. The summed E-state index contributed by atoms with van der Waals surface area (Å²) in [7, 11) is 0. The molecule has 0 radical (unpaired) electrons. The molecular formula is C22H23F3N2O. The summed E-state index contributed by atoms with van der Waals surface area (Å²) in [4.78, 5) is 15.0. The Morgan fingerprint density at radius 1 is 0.964 bits per heavy atom. The van der Waals surface area contributed by atoms with Gasteiger partial charge >= 0.3 is 6.18 Å². The first kappa shape index (κ1) is 19.0. The number of alkyl halides is 3. The molecular weight excluding hydrogens is 365 g/mol. The first-order valence-electron chi connectivity index (χ1n) is 9.74. The summed E-state index contributed by atoms with van der Waals surface area (Å²) in [5.41, 5.74) is 2.69. The van der Waals surface area contributed by atoms with Crippen LogP contribution in [0.4, 0.5) is 18.9 Å². The number of amides is 1. The number of anilines is 1. The van der Waals surface area contributed by atoms with Crippen LogP contribution >= 0.6 is 0 Å². The molecule has 1 aliphatic carbocycles. The highest BCUT2D eigenvalue weighted by atomic mass is 19.4. The third-order valence-corrected chi connectivity index (χ3v) is 5.87. The fourth-order valence-corrected chi connectivity index (χ4v) is 3.95. The Morgan fingerprint density at radius 2 is 1.64 bits per heavy atom. The molecule has 3 nitrogen and oxygen atoms in total. The fraction of sp³-hybridized carbons (Fsp3) is 0.409. The second-order valence-corrected chi connectivity index (χ2v) is 7.63. The van der Waals surface area contributed by atoms with E-state index >= 15 is 0 Å². The second kappa shape index (κ2) is 7.59. The predicted molar refractivity (Wildman–Crippen MR) is 102 cm³/mol. The van der Waals surface area contributed by atoms with Crippen molar-refractivity contribution in [3.05, 3.63) is 64.7 Å². The predicted octanol–water partition coefficient (Wildman–Crippen LogP) is 4.91. The zero-order valence-electron chi connectivity index (χ0n) is 15.6. The van der Waals surface area contributed by atoms with Crippen molar-refractivity contribution >= 4 is 11.6 Å². The van der Waals surface area contributed by atoms with Crippen molar-refractivity contribution in [1.29, 1.82) is 0 Å². The van der Waals surface area contributed by atoms with Crippen molar-refractivity contribution in [2.45, 2.75) is 44.3 Å². The van der Waals surface area contributed by atoms with Crippen LogP contribution in [0.3, 0.4) is 0 Å². The topological polar surface area (TPSA) is 32.3 Å². The number of fused-ring (bicyclic) bond motifs is 1. The quantitative estimate of drug-likeness (QED) is 0.810. The summed E-state index contributed by atoms with van der Waals surface area (Å²) in [6.45, 7) is 2.11. The maximum absolute atomic E-state index is 12.7. The van der Waals surface area contributed by atoms with Gasteiger partial charge in [0.25, 0.3) is 5.91 Å². The van der Waals surface area contributed by atoms with Gasteiger partial charge in [-0.3, -0.25) is 9.69 Å². The maximum Gasteiger partial charge on any atom is 0.416 e. The molecule has 6 heteroatoms. The first-order valence-corrected chi connectivity index (χ1v) is 9.74. The molecule has 2 aliphatic rings. The molecule has 1 N–H and O–H groups in total. The number of hydrogen-bond donors (Lipinski definition) is 1. The fourth-order valence-electron chi connectivity index (χ4n) is 3.95. The van der Waals surface area contributed by atoms with Crippen molar-refractivity contribution in [2.75, 3.05) is 18.4 Å². The number of hydrogen-bond acceptors (Lipinski definition) is 2. The summed E-state index contributed by atoms with van der Waals surface area (Å²) in [5, 5.41) is 2.81. The Kier molecular flexibility index (Phi) is 5.15. The molecule has 0 bridgehead atoms. The molecule has 1 amide bonds. The van der Waals surface area contributed by atoms with E-state index in [1.807, 2.05) is 12.1 Å². The molecule has 4 rings (SSSR count). The van der Waals surface area contributed by atoms with E-state index in [0.29, 0.717) is 5.69 Å². The Bertz CT molecular complexity index is 857. The summed E-state index contributed by atoms with van der Waals surface area (Å²) in [6.07, 6.45) is 1.48. The Hall–Kier alpha value is -2.34. The number of carbonyl (C=O) groups excluding carboxylic acids is 1. The van der Waals surface area contributed by atoms with Crippen molar-refractivity contribution in [3.63, 3.8) is 0 Å². The van der Waals surface area contributed by atoms with Crippen LogP contribution < -0.4 is 5.32 Å². The number of nitrogens with one attached hydrogen (secondary N) is 1. The minimum atomic E-state index is -4.40. The van der Waals surface area contributed by atoms with Gasteiger partial charge in [0.15, 0.2) is 0 Å². The molecule has 0 spiro atoms. The highest BCUT2D eigenvalue weighted by Crippen LogP contribution is 2.30. The summed E-state index contributed by atoms with van der Waals surface area (Å²) >= 11 is 0. The molecule has 1 aliphatic heterocycles. The largest absolute Gasteiger partial charge is 0.416 e. The van der Waals surface area contributed by atoms with E-state index < -0.39 is 17.6 Å². The van der Waals surface area contributed by atoms with E-state index in [1.54, 1.807) is 0 Å². The zero-order chi connectivity index (χ0) is 19.7. The van der Waals surface area contributed by atoms with Crippen molar-refractivity contribution < 1.29 is 18.0 Å². The number of benzene rings is 2. The molecule has 2 aromatic rings. The molecule has 1 saturated carbocycles. The number of rotatable bonds is 3. The number of carbonyl (C=O) groups is 1. The van der Waals surface area contributed by atoms with Gasteiger partial charge < -0.3 is 5.32 Å². The summed E-state index contributed by atoms with van der Waals surface area (Å²) in [5.74, 6) is -0.404. The van der Waals surface area contributed by atoms with Gasteiger partial charge in [0, 0.05) is 30.4 Å². The van der Waals surface area contributed by atoms with Crippen LogP contribution in [-0.4, -0.2) is 29.9 Å². The van der Waals surface area contributed by atoms with Crippen molar-refractivity contribution in [2.24, 2.45) is 0 Å². The molecule has 148 valence electrons. The van der Waals surface area contributed by atoms with Crippen LogP contribution in [0.1, 0.15) is 46.3 Å². The van der Waals surface area contributed by atoms with E-state index in [1.165, 1.54) is 42.5 Å². The summed E-state index contributed by atoms with van der Waals surface area (Å²) in [6, 6.07) is 10.9. The monoisotopic (exact) mass is 388 g/mol. The highest BCUT2D eigenvalue weighted by Gasteiger charge is 2.30. The van der Waals surface area contributed by atoms with E-state index in [2.05, 4.69) is 16.3 Å². The average molecular weight is 388 g/mol. The van der Waals surface area contributed by atoms with Gasteiger partial charge in [0.05, 0.1) is 5.56 Å². The highest BCUT2D eigenvalue weighted by molar-refractivity contribution is 6.04. The third kappa shape index (κ3) is 4.07. The van der Waals surface area contributed by atoms with Crippen molar-refractivity contribution in [3.8, 4) is 0 Å². The normalized spacial score (nSPS) is 18.1. The third-order valence-electron chi connectivity index (χ3n) is 5.87. The van der Waals surface area contributed by atoms with Crippen LogP contribution in [0.2, 0.25) is 0 Å². The molecule has 0 aromatic heterocycles. The van der Waals surface area contributed by atoms with E-state index in [-0.39, 0.29) is 5.56 Å². The van der Waals surface area contributed by atoms with Crippen LogP contribution in [0.15, 0.2) is 42.5 Å².